The Morgan fingerprint density at radius 1 is 1.09 bits per heavy atom. The quantitative estimate of drug-likeness (QED) is 0.512. The van der Waals surface area contributed by atoms with E-state index in [1.807, 2.05) is 0 Å². The second-order valence-electron chi connectivity index (χ2n) is 7.53. The summed E-state index contributed by atoms with van der Waals surface area (Å²) in [6, 6.07) is 12.2. The highest BCUT2D eigenvalue weighted by molar-refractivity contribution is 7.92. The molecule has 33 heavy (non-hydrogen) atoms. The Morgan fingerprint density at radius 2 is 1.76 bits per heavy atom. The Kier molecular flexibility index (Phi) is 9.01. The van der Waals surface area contributed by atoms with Gasteiger partial charge >= 0.3 is 0 Å². The van der Waals surface area contributed by atoms with Crippen LogP contribution in [0, 0.1) is 0 Å². The molecule has 2 amide bonds. The zero-order valence-corrected chi connectivity index (χ0v) is 20.6. The van der Waals surface area contributed by atoms with Crippen LogP contribution in [0.15, 0.2) is 48.5 Å². The Hall–Kier alpha value is -2.91. The first-order valence-electron chi connectivity index (χ1n) is 10.3. The summed E-state index contributed by atoms with van der Waals surface area (Å²) in [5, 5.41) is 2.98. The first kappa shape index (κ1) is 26.3. The number of sulfonamides is 1. The maximum absolute atomic E-state index is 13.5. The summed E-state index contributed by atoms with van der Waals surface area (Å²) in [6.07, 6.45) is 1.30. The van der Waals surface area contributed by atoms with Crippen LogP contribution < -0.4 is 9.62 Å². The fraction of sp³-hybridized carbons (Fsp3) is 0.348. The van der Waals surface area contributed by atoms with E-state index in [4.69, 9.17) is 11.6 Å². The molecule has 10 heteroatoms. The predicted molar refractivity (Wildman–Crippen MR) is 129 cm³/mol. The van der Waals surface area contributed by atoms with Crippen molar-refractivity contribution in [3.8, 4) is 0 Å². The number of rotatable bonds is 10. The number of benzene rings is 2. The fourth-order valence-electron chi connectivity index (χ4n) is 3.39. The lowest BCUT2D eigenvalue weighted by Crippen LogP contribution is -2.51. The van der Waals surface area contributed by atoms with Crippen LogP contribution in [0.3, 0.4) is 0 Å². The molecule has 0 aliphatic rings. The Balaban J connectivity index is 2.48. The molecule has 1 N–H and O–H groups in total. The van der Waals surface area contributed by atoms with Crippen molar-refractivity contribution in [3.05, 3.63) is 64.7 Å². The molecule has 0 aliphatic heterocycles. The van der Waals surface area contributed by atoms with Gasteiger partial charge in [-0.05, 0) is 37.1 Å². The topological polar surface area (TPSA) is 104 Å². The van der Waals surface area contributed by atoms with Crippen molar-refractivity contribution >= 4 is 44.9 Å². The Bertz CT molecular complexity index is 1140. The van der Waals surface area contributed by atoms with Gasteiger partial charge in [0.15, 0.2) is 5.78 Å². The minimum atomic E-state index is -3.88. The SMILES string of the molecule is CCC(C(=O)NC)N(Cc1ccccc1Cl)C(=O)CN(c1cccc(C(C)=O)c1)S(C)(=O)=O. The van der Waals surface area contributed by atoms with E-state index in [9.17, 15) is 22.8 Å². The number of hydrogen-bond acceptors (Lipinski definition) is 5. The summed E-state index contributed by atoms with van der Waals surface area (Å²) < 4.78 is 26.1. The summed E-state index contributed by atoms with van der Waals surface area (Å²) in [5.41, 5.74) is 1.13. The molecule has 2 aromatic rings. The van der Waals surface area contributed by atoms with Gasteiger partial charge in [0.1, 0.15) is 12.6 Å². The van der Waals surface area contributed by atoms with E-state index >= 15 is 0 Å². The number of nitrogens with zero attached hydrogens (tertiary/aromatic N) is 2. The van der Waals surface area contributed by atoms with Gasteiger partial charge in [-0.3, -0.25) is 18.7 Å². The molecule has 0 radical (unpaired) electrons. The maximum Gasteiger partial charge on any atom is 0.244 e. The van der Waals surface area contributed by atoms with E-state index in [0.29, 0.717) is 22.6 Å². The van der Waals surface area contributed by atoms with Gasteiger partial charge in [0.25, 0.3) is 0 Å². The number of likely N-dealkylation sites (N-methyl/N-ethyl adjacent to an activating group) is 1. The molecule has 0 spiro atoms. The number of amides is 2. The summed E-state index contributed by atoms with van der Waals surface area (Å²) >= 11 is 6.28. The molecule has 0 bridgehead atoms. The van der Waals surface area contributed by atoms with Crippen molar-refractivity contribution < 1.29 is 22.8 Å². The van der Waals surface area contributed by atoms with Crippen molar-refractivity contribution in [2.45, 2.75) is 32.9 Å². The second kappa shape index (κ2) is 11.3. The molecule has 0 heterocycles. The van der Waals surface area contributed by atoms with Crippen LogP contribution >= 0.6 is 11.6 Å². The molecule has 0 aliphatic carbocycles. The molecule has 2 rings (SSSR count). The first-order valence-corrected chi connectivity index (χ1v) is 12.5. The molecule has 1 atom stereocenters. The highest BCUT2D eigenvalue weighted by atomic mass is 35.5. The lowest BCUT2D eigenvalue weighted by atomic mass is 10.1. The molecule has 0 fully saturated rings. The minimum absolute atomic E-state index is 0.0233. The van der Waals surface area contributed by atoms with Crippen LogP contribution in [0.4, 0.5) is 5.69 Å². The molecule has 178 valence electrons. The fourth-order valence-corrected chi connectivity index (χ4v) is 4.43. The van der Waals surface area contributed by atoms with Gasteiger partial charge in [-0.2, -0.15) is 0 Å². The third-order valence-electron chi connectivity index (χ3n) is 5.15. The molecule has 0 saturated heterocycles. The van der Waals surface area contributed by atoms with Crippen LogP contribution in [0.2, 0.25) is 5.02 Å². The lowest BCUT2D eigenvalue weighted by Gasteiger charge is -2.32. The van der Waals surface area contributed by atoms with Gasteiger partial charge in [-0.15, -0.1) is 0 Å². The van der Waals surface area contributed by atoms with Gasteiger partial charge in [0, 0.05) is 24.2 Å². The third-order valence-corrected chi connectivity index (χ3v) is 6.66. The minimum Gasteiger partial charge on any atom is -0.357 e. The number of carbonyl (C=O) groups is 3. The van der Waals surface area contributed by atoms with Crippen molar-refractivity contribution in [2.75, 3.05) is 24.2 Å². The standard InChI is InChI=1S/C23H28ClN3O5S/c1-5-21(23(30)25-3)26(14-18-9-6-7-12-20(18)24)22(29)15-27(33(4,31)32)19-11-8-10-17(13-19)16(2)28/h6-13,21H,5,14-15H2,1-4H3,(H,25,30). The number of halogens is 1. The molecule has 0 saturated carbocycles. The molecule has 8 nitrogen and oxygen atoms in total. The van der Waals surface area contributed by atoms with Gasteiger partial charge in [0.2, 0.25) is 21.8 Å². The lowest BCUT2D eigenvalue weighted by molar-refractivity contribution is -0.140. The number of nitrogens with one attached hydrogen (secondary N) is 1. The van der Waals surface area contributed by atoms with Crippen molar-refractivity contribution in [1.82, 2.24) is 10.2 Å². The highest BCUT2D eigenvalue weighted by Gasteiger charge is 2.31. The van der Waals surface area contributed by atoms with E-state index in [-0.39, 0.29) is 23.9 Å². The van der Waals surface area contributed by atoms with E-state index in [2.05, 4.69) is 5.32 Å². The zero-order chi connectivity index (χ0) is 24.8. The summed E-state index contributed by atoms with van der Waals surface area (Å²) in [7, 11) is -2.41. The number of Topliss-reactive ketones (excluding diaryl/α,β-unsaturated/α-hetero) is 1. The maximum atomic E-state index is 13.5. The van der Waals surface area contributed by atoms with Crippen molar-refractivity contribution in [3.63, 3.8) is 0 Å². The normalized spacial score (nSPS) is 12.0. The van der Waals surface area contributed by atoms with Crippen LogP contribution in [-0.2, 0) is 26.2 Å². The van der Waals surface area contributed by atoms with Crippen molar-refractivity contribution in [2.24, 2.45) is 0 Å². The van der Waals surface area contributed by atoms with Crippen LogP contribution in [0.1, 0.15) is 36.2 Å². The van der Waals surface area contributed by atoms with Gasteiger partial charge in [0.05, 0.1) is 11.9 Å². The molecule has 0 aromatic heterocycles. The molecular weight excluding hydrogens is 466 g/mol. The smallest absolute Gasteiger partial charge is 0.244 e. The van der Waals surface area contributed by atoms with Crippen molar-refractivity contribution in [1.29, 1.82) is 0 Å². The number of anilines is 1. The predicted octanol–water partition coefficient (Wildman–Crippen LogP) is 2.86. The molecular formula is C23H28ClN3O5S. The van der Waals surface area contributed by atoms with Crippen LogP contribution in [-0.4, -0.2) is 56.8 Å². The van der Waals surface area contributed by atoms with Crippen LogP contribution in [0.5, 0.6) is 0 Å². The van der Waals surface area contributed by atoms with E-state index in [1.165, 1.54) is 31.0 Å². The average Bonchev–Trinajstić information content (AvgIpc) is 2.77. The monoisotopic (exact) mass is 493 g/mol. The molecule has 2 aromatic carbocycles. The summed E-state index contributed by atoms with van der Waals surface area (Å²) in [4.78, 5) is 39.1. The first-order chi connectivity index (χ1) is 15.5. The van der Waals surface area contributed by atoms with E-state index in [0.717, 1.165) is 10.6 Å². The van der Waals surface area contributed by atoms with Gasteiger partial charge in [-0.1, -0.05) is 48.9 Å². The Morgan fingerprint density at radius 3 is 2.30 bits per heavy atom. The zero-order valence-electron chi connectivity index (χ0n) is 19.0. The Labute approximate surface area is 199 Å². The van der Waals surface area contributed by atoms with Gasteiger partial charge in [-0.25, -0.2) is 8.42 Å². The number of ketones is 1. The van der Waals surface area contributed by atoms with Crippen LogP contribution in [0.25, 0.3) is 0 Å². The van der Waals surface area contributed by atoms with Gasteiger partial charge < -0.3 is 10.2 Å². The molecule has 1 unspecified atom stereocenters. The highest BCUT2D eigenvalue weighted by Crippen LogP contribution is 2.23. The third kappa shape index (κ3) is 6.79. The largest absolute Gasteiger partial charge is 0.357 e. The summed E-state index contributed by atoms with van der Waals surface area (Å²) in [5.74, 6) is -1.19. The van der Waals surface area contributed by atoms with E-state index < -0.39 is 28.5 Å². The summed E-state index contributed by atoms with van der Waals surface area (Å²) in [6.45, 7) is 2.61. The van der Waals surface area contributed by atoms with E-state index in [1.54, 1.807) is 43.3 Å². The second-order valence-corrected chi connectivity index (χ2v) is 9.84. The number of hydrogen-bond donors (Lipinski definition) is 1. The number of carbonyl (C=O) groups excluding carboxylic acids is 3. The average molecular weight is 494 g/mol.